The minimum atomic E-state index is -3.10. The molecule has 0 saturated carbocycles. The number of nitrogen functional groups attached to an aromatic ring is 1. The zero-order valence-electron chi connectivity index (χ0n) is 55.2. The minimum absolute atomic E-state index is 0.109. The number of hydrogen-bond acceptors (Lipinski definition) is 18. The van der Waals surface area contributed by atoms with Crippen LogP contribution in [0.2, 0.25) is 5.04 Å². The molecule has 13 rings (SSSR count). The molecule has 3 amide bonds. The summed E-state index contributed by atoms with van der Waals surface area (Å²) in [6.07, 6.45) is 5.49. The first-order valence-corrected chi connectivity index (χ1v) is 36.3. The lowest BCUT2D eigenvalue weighted by molar-refractivity contribution is -0.141. The number of anilines is 4. The summed E-state index contributed by atoms with van der Waals surface area (Å²) in [5.74, 6) is 0.685. The van der Waals surface area contributed by atoms with Gasteiger partial charge < -0.3 is 59.1 Å². The van der Waals surface area contributed by atoms with Gasteiger partial charge in [-0.2, -0.15) is 0 Å². The lowest BCUT2D eigenvalue weighted by Crippen LogP contribution is -2.67. The lowest BCUT2D eigenvalue weighted by atomic mass is 9.91. The molecule has 2 unspecified atom stereocenters. The molecular formula is C73H86N12O8SSi. The van der Waals surface area contributed by atoms with Crippen molar-refractivity contribution in [1.82, 2.24) is 40.4 Å². The Bertz CT molecular complexity index is 3930. The summed E-state index contributed by atoms with van der Waals surface area (Å²) in [5, 5.41) is 28.9. The molecule has 4 aromatic carbocycles. The first-order valence-electron chi connectivity index (χ1n) is 33.5. The van der Waals surface area contributed by atoms with Crippen molar-refractivity contribution in [2.45, 2.75) is 147 Å². The number of likely N-dealkylation sites (tertiary alicyclic amines) is 2. The monoisotopic (exact) mass is 1320 g/mol. The first-order chi connectivity index (χ1) is 45.9. The van der Waals surface area contributed by atoms with E-state index in [2.05, 4.69) is 133 Å². The van der Waals surface area contributed by atoms with E-state index in [-0.39, 0.29) is 71.5 Å². The molecule has 0 spiro atoms. The Balaban J connectivity index is 0.627. The second kappa shape index (κ2) is 27.5. The van der Waals surface area contributed by atoms with E-state index in [1.54, 1.807) is 33.3 Å². The number of phenols is 1. The summed E-state index contributed by atoms with van der Waals surface area (Å²) >= 11 is 1.60. The maximum atomic E-state index is 15.5. The highest BCUT2D eigenvalue weighted by molar-refractivity contribution is 7.13. The highest BCUT2D eigenvalue weighted by Gasteiger charge is 2.54. The molecule has 9 heterocycles. The number of rotatable bonds is 18. The van der Waals surface area contributed by atoms with Gasteiger partial charge in [0.25, 0.3) is 8.32 Å². The van der Waals surface area contributed by atoms with E-state index in [4.69, 9.17) is 24.2 Å². The number of phenolic OH excluding ortho intramolecular Hbond substituents is 1. The number of carbonyl (C=O) groups excluding carboxylic acids is 3. The molecule has 22 heteroatoms. The van der Waals surface area contributed by atoms with E-state index in [9.17, 15) is 14.7 Å². The number of piperazine rings is 1. The van der Waals surface area contributed by atoms with Crippen LogP contribution in [0.3, 0.4) is 0 Å². The van der Waals surface area contributed by atoms with E-state index in [1.165, 1.54) is 0 Å². The molecule has 5 fully saturated rings. The van der Waals surface area contributed by atoms with Crippen molar-refractivity contribution in [2.24, 2.45) is 5.92 Å². The zero-order valence-corrected chi connectivity index (χ0v) is 57.0. The quantitative estimate of drug-likeness (QED) is 0.0678. The third-order valence-corrected chi connectivity index (χ3v) is 26.1. The molecule has 95 heavy (non-hydrogen) atoms. The summed E-state index contributed by atoms with van der Waals surface area (Å²) in [4.78, 5) is 64.8. The number of pyridine rings is 1. The van der Waals surface area contributed by atoms with Gasteiger partial charge in [0.05, 0.1) is 39.6 Å². The van der Waals surface area contributed by atoms with E-state index >= 15 is 4.79 Å². The number of benzene rings is 4. The molecular weight excluding hydrogens is 1230 g/mol. The van der Waals surface area contributed by atoms with Crippen molar-refractivity contribution in [1.29, 1.82) is 0 Å². The summed E-state index contributed by atoms with van der Waals surface area (Å²) < 4.78 is 26.5. The SMILES string of the molecule is Cc1ncsc1-c1ccc([C@H](C)NC(=O)[C@@H]2C[C@@H](O[Si](c3ccccc3)(c3ccccc3)C(C)(C)C)CN2C(=O)[C@@H](c2cc(N3CCC(OC(=O)N4CCC(Oc5cc(N6C7CCC6CN(c6cc(-c8ccccc8O)nnc6N)C7)ccn5)CC4)CC3)no2)C(C)C)cc1. The van der Waals surface area contributed by atoms with Gasteiger partial charge in [0.2, 0.25) is 17.7 Å². The van der Waals surface area contributed by atoms with Crippen LogP contribution < -0.4 is 40.9 Å². The number of nitrogens with two attached hydrogens (primary N) is 1. The Morgan fingerprint density at radius 2 is 1.41 bits per heavy atom. The number of thiazole rings is 1. The number of hydrogen-bond donors (Lipinski definition) is 3. The van der Waals surface area contributed by atoms with Crippen molar-refractivity contribution in [3.05, 3.63) is 162 Å². The van der Waals surface area contributed by atoms with Crippen LogP contribution >= 0.6 is 11.3 Å². The van der Waals surface area contributed by atoms with E-state index in [0.717, 1.165) is 69.4 Å². The Labute approximate surface area is 560 Å². The van der Waals surface area contributed by atoms with Gasteiger partial charge in [0.15, 0.2) is 17.4 Å². The molecule has 5 aliphatic rings. The highest BCUT2D eigenvalue weighted by atomic mass is 32.1. The lowest BCUT2D eigenvalue weighted by Gasteiger charge is -2.44. The van der Waals surface area contributed by atoms with E-state index in [1.807, 2.05) is 94.0 Å². The number of amides is 3. The Kier molecular flexibility index (Phi) is 18.7. The second-order valence-electron chi connectivity index (χ2n) is 27.5. The van der Waals surface area contributed by atoms with E-state index in [0.29, 0.717) is 92.8 Å². The van der Waals surface area contributed by atoms with Gasteiger partial charge in [-0.3, -0.25) is 9.59 Å². The summed E-state index contributed by atoms with van der Waals surface area (Å²) in [7, 11) is -3.10. The van der Waals surface area contributed by atoms with Gasteiger partial charge in [-0.25, -0.2) is 14.8 Å². The van der Waals surface area contributed by atoms with Crippen molar-refractivity contribution >= 4 is 70.9 Å². The van der Waals surface area contributed by atoms with Gasteiger partial charge in [-0.1, -0.05) is 137 Å². The topological polar surface area (TPSA) is 231 Å². The number of nitrogens with zero attached hydrogens (tertiary/aromatic N) is 10. The fourth-order valence-corrected chi connectivity index (χ4v) is 20.6. The average molecular weight is 1320 g/mol. The molecule has 2 bridgehead atoms. The number of nitrogens with one attached hydrogen (secondary N) is 1. The third kappa shape index (κ3) is 13.5. The van der Waals surface area contributed by atoms with Crippen molar-refractivity contribution in [3.63, 3.8) is 0 Å². The van der Waals surface area contributed by atoms with E-state index < -0.39 is 26.4 Å². The number of carbonyl (C=O) groups is 3. The predicted octanol–water partition coefficient (Wildman–Crippen LogP) is 10.9. The fourth-order valence-electron chi connectivity index (χ4n) is 15.1. The number of aryl methyl sites for hydroxylation is 1. The van der Waals surface area contributed by atoms with Gasteiger partial charge in [0, 0.05) is 120 Å². The minimum Gasteiger partial charge on any atom is -0.507 e. The number of fused-ring (bicyclic) bond motifs is 2. The van der Waals surface area contributed by atoms with Crippen LogP contribution in [0.1, 0.15) is 115 Å². The Morgan fingerprint density at radius 1 is 0.747 bits per heavy atom. The van der Waals surface area contributed by atoms with Gasteiger partial charge >= 0.3 is 6.09 Å². The third-order valence-electron chi connectivity index (χ3n) is 20.0. The maximum absolute atomic E-state index is 15.5. The molecule has 4 N–H and O–H groups in total. The number of ether oxygens (including phenoxy) is 2. The number of aromatic hydroxyl groups is 1. The van der Waals surface area contributed by atoms with Gasteiger partial charge in [-0.15, -0.1) is 21.5 Å². The largest absolute Gasteiger partial charge is 0.507 e. The fraction of sp³-hybridized carbons (Fsp3) is 0.425. The van der Waals surface area contributed by atoms with Crippen molar-refractivity contribution < 1.29 is 37.9 Å². The molecule has 4 aromatic heterocycles. The highest BCUT2D eigenvalue weighted by Crippen LogP contribution is 2.43. The first kappa shape index (κ1) is 64.8. The summed E-state index contributed by atoms with van der Waals surface area (Å²) in [6, 6.07) is 43.4. The molecule has 0 aliphatic carbocycles. The molecule has 20 nitrogen and oxygen atoms in total. The van der Waals surface area contributed by atoms with Crippen LogP contribution in [-0.4, -0.2) is 149 Å². The number of aromatic nitrogens is 5. The molecule has 0 radical (unpaired) electrons. The van der Waals surface area contributed by atoms with Crippen LogP contribution in [-0.2, 0) is 18.8 Å². The normalized spacial score (nSPS) is 20.3. The Hall–Kier alpha value is -8.86. The Morgan fingerprint density at radius 3 is 2.05 bits per heavy atom. The van der Waals surface area contributed by atoms with Crippen molar-refractivity contribution in [2.75, 3.05) is 66.2 Å². The molecule has 5 aliphatic heterocycles. The van der Waals surface area contributed by atoms with Crippen LogP contribution in [0.4, 0.5) is 27.8 Å². The number of para-hydroxylation sites is 1. The smallest absolute Gasteiger partial charge is 0.410 e. The predicted molar refractivity (Wildman–Crippen MR) is 372 cm³/mol. The summed E-state index contributed by atoms with van der Waals surface area (Å²) in [6.45, 7) is 18.6. The standard InChI is InChI=1S/C73H86N12O8SSi/c1-46(2)67(71(88)84-44-56(93-95(73(5,6)7,57-16-10-8-11-17-57)58-18-12-9-13-19-58)39-62(84)70(87)77-47(3)49-22-24-50(25-23-49)68-48(4)76-45-94-68)64-41-65(80-92-64)81-34-29-55(30-35-81)91-72(89)82-36-31-54(32-37-82)90-66-38-51(28-33-75-66)85-52-26-27-53(85)43-83(42-52)61-40-60(78-79-69(61)74)59-20-14-15-21-63(59)86/h8-25,28,33,38,40-41,45-47,52-56,62,67,86H,26-27,29-32,34-37,39,42-44H2,1-7H3,(H2,74,79)(H,77,87)/t47-,52?,53?,56+,62-,67+/m0/s1. The molecule has 496 valence electrons. The van der Waals surface area contributed by atoms with Crippen LogP contribution in [0.25, 0.3) is 21.7 Å². The second-order valence-corrected chi connectivity index (χ2v) is 32.6. The average Bonchev–Trinajstić information content (AvgIpc) is 1.53. The summed E-state index contributed by atoms with van der Waals surface area (Å²) in [5.41, 5.74) is 14.3. The van der Waals surface area contributed by atoms with Crippen molar-refractivity contribution in [3.8, 4) is 33.3 Å². The molecule has 5 saturated heterocycles. The van der Waals surface area contributed by atoms with Gasteiger partial charge in [-0.05, 0) is 83.4 Å². The van der Waals surface area contributed by atoms with Crippen LogP contribution in [0, 0.1) is 12.8 Å². The van der Waals surface area contributed by atoms with Gasteiger partial charge in [0.1, 0.15) is 29.9 Å². The van der Waals surface area contributed by atoms with Crippen LogP contribution in [0.15, 0.2) is 150 Å². The van der Waals surface area contributed by atoms with Crippen LogP contribution in [0.5, 0.6) is 11.6 Å². The molecule has 6 atom stereocenters. The molecule has 8 aromatic rings. The maximum Gasteiger partial charge on any atom is 0.410 e. The zero-order chi connectivity index (χ0) is 66.1. The number of piperidine rings is 2.